The van der Waals surface area contributed by atoms with E-state index in [2.05, 4.69) is 0 Å². The summed E-state index contributed by atoms with van der Waals surface area (Å²) < 4.78 is 61.5. The molecule has 0 bridgehead atoms. The quantitative estimate of drug-likeness (QED) is 0.419. The molecule has 0 fully saturated rings. The van der Waals surface area contributed by atoms with Crippen LogP contribution in [0.15, 0.2) is 34.7 Å². The molecule has 1 heterocycles. The van der Waals surface area contributed by atoms with E-state index in [-0.39, 0.29) is 6.42 Å². The molecular formula is C22H23ClO11. The zero-order valence-corrected chi connectivity index (χ0v) is 19.8. The Kier molecular flexibility index (Phi) is 8.85. The lowest BCUT2D eigenvalue weighted by atomic mass is 9.99. The van der Waals surface area contributed by atoms with Gasteiger partial charge >= 0.3 is 17.5 Å². The molecule has 2 aromatic carbocycles. The Morgan fingerprint density at radius 2 is 1.32 bits per heavy atom. The van der Waals surface area contributed by atoms with Gasteiger partial charge in [0, 0.05) is 17.5 Å². The van der Waals surface area contributed by atoms with E-state index in [1.165, 1.54) is 14.2 Å². The highest BCUT2D eigenvalue weighted by Gasteiger charge is 2.25. The van der Waals surface area contributed by atoms with Gasteiger partial charge in [0.15, 0.2) is 23.0 Å². The van der Waals surface area contributed by atoms with Gasteiger partial charge in [-0.25, -0.2) is 23.1 Å². The summed E-state index contributed by atoms with van der Waals surface area (Å²) in [6.45, 7) is 1.84. The van der Waals surface area contributed by atoms with Gasteiger partial charge in [0.1, 0.15) is 0 Å². The molecule has 3 rings (SSSR count). The van der Waals surface area contributed by atoms with Gasteiger partial charge in [-0.05, 0) is 17.7 Å². The van der Waals surface area contributed by atoms with E-state index in [0.29, 0.717) is 45.6 Å². The topological polar surface area (TPSA) is 178 Å². The van der Waals surface area contributed by atoms with Crippen LogP contribution in [-0.2, 0) is 11.2 Å². The minimum absolute atomic E-state index is 0.186. The number of fused-ring (bicyclic) bond motifs is 1. The average molecular weight is 499 g/mol. The molecule has 0 saturated heterocycles. The Balaban J connectivity index is 0.000000739. The number of carbonyl (C=O) groups is 1. The number of aliphatic carboxylic acids is 1. The molecule has 1 aromatic heterocycles. The number of carboxylic acid groups (broad SMARTS) is 1. The molecule has 3 aromatic rings. The lowest BCUT2D eigenvalue weighted by molar-refractivity contribution is -2.00. The summed E-state index contributed by atoms with van der Waals surface area (Å²) >= 11 is 0. The van der Waals surface area contributed by atoms with E-state index in [4.69, 9.17) is 42.0 Å². The van der Waals surface area contributed by atoms with Crippen LogP contribution in [0.1, 0.15) is 11.3 Å². The van der Waals surface area contributed by atoms with Crippen LogP contribution in [0.4, 0.5) is 0 Å². The number of hydrogen-bond donors (Lipinski definition) is 1. The third-order valence-corrected chi connectivity index (χ3v) is 4.70. The number of halogens is 1. The van der Waals surface area contributed by atoms with E-state index in [1.54, 1.807) is 26.4 Å². The summed E-state index contributed by atoms with van der Waals surface area (Å²) in [6.07, 6.45) is -0.186. The van der Waals surface area contributed by atoms with Gasteiger partial charge in [-0.3, -0.25) is 4.79 Å². The molecule has 0 spiro atoms. The van der Waals surface area contributed by atoms with Crippen molar-refractivity contribution >= 4 is 16.7 Å². The fourth-order valence-electron chi connectivity index (χ4n) is 3.30. The van der Waals surface area contributed by atoms with Crippen LogP contribution in [0.5, 0.6) is 23.0 Å². The highest BCUT2D eigenvalue weighted by atomic mass is 35.7. The van der Waals surface area contributed by atoms with E-state index in [1.807, 2.05) is 25.1 Å². The largest absolute Gasteiger partial charge is 0.493 e. The summed E-state index contributed by atoms with van der Waals surface area (Å²) in [4.78, 5) is 11.4. The molecular weight excluding hydrogens is 476 g/mol. The van der Waals surface area contributed by atoms with Crippen LogP contribution in [0, 0.1) is 17.2 Å². The smallest absolute Gasteiger partial charge is 0.361 e. The first kappa shape index (κ1) is 26.9. The van der Waals surface area contributed by atoms with Gasteiger partial charge in [0.05, 0.1) is 58.8 Å². The third-order valence-electron chi connectivity index (χ3n) is 4.70. The molecule has 0 radical (unpaired) electrons. The third kappa shape index (κ3) is 6.83. The van der Waals surface area contributed by atoms with Gasteiger partial charge in [-0.1, -0.05) is 0 Å². The van der Waals surface area contributed by atoms with Crippen LogP contribution in [0.3, 0.4) is 0 Å². The van der Waals surface area contributed by atoms with Crippen LogP contribution >= 0.6 is 0 Å². The number of methoxy groups -OCH3 is 4. The minimum Gasteiger partial charge on any atom is -0.493 e. The van der Waals surface area contributed by atoms with Gasteiger partial charge in [0.25, 0.3) is 0 Å². The normalized spacial score (nSPS) is 10.9. The van der Waals surface area contributed by atoms with Crippen LogP contribution < -0.4 is 37.6 Å². The standard InChI is InChI=1S/C22H22O7.ClHO4/c1-12-15-10-20(27-4)18(25-2)7-13(15)6-17(29-12)16-11-21(28-5)19(26-3)8-14(16)9-22(23)24;2-1(3,4)5/h6-8,10-11H,9H2,1-5H3;(H,2,3,4,5). The van der Waals surface area contributed by atoms with Crippen LogP contribution in [-0.4, -0.2) is 39.5 Å². The van der Waals surface area contributed by atoms with Crippen LogP contribution in [0.2, 0.25) is 0 Å². The van der Waals surface area contributed by atoms with Crippen molar-refractivity contribution in [1.82, 2.24) is 0 Å². The van der Waals surface area contributed by atoms with E-state index in [0.717, 1.165) is 10.8 Å². The summed E-state index contributed by atoms with van der Waals surface area (Å²) in [5, 5.41) is 11.1. The fourth-order valence-corrected chi connectivity index (χ4v) is 3.30. The Morgan fingerprint density at radius 3 is 1.82 bits per heavy atom. The Bertz CT molecular complexity index is 1170. The maximum absolute atomic E-state index is 11.4. The summed E-state index contributed by atoms with van der Waals surface area (Å²) in [6, 6.07) is 8.94. The van der Waals surface area contributed by atoms with Gasteiger partial charge in [-0.2, -0.15) is 0 Å². The highest BCUT2D eigenvalue weighted by Crippen LogP contribution is 2.40. The molecule has 184 valence electrons. The number of benzene rings is 2. The van der Waals surface area contributed by atoms with Crippen molar-refractivity contribution in [2.24, 2.45) is 0 Å². The van der Waals surface area contributed by atoms with Crippen molar-refractivity contribution in [1.29, 1.82) is 0 Å². The molecule has 0 aliphatic heterocycles. The number of hydrogen-bond acceptors (Lipinski definition) is 9. The predicted octanol–water partition coefficient (Wildman–Crippen LogP) is -0.405. The average Bonchev–Trinajstić information content (AvgIpc) is 2.76. The molecule has 0 aliphatic carbocycles. The fraction of sp³-hybridized carbons (Fsp3) is 0.273. The SMILES string of the molecule is COc1cc(CC(=O)O)c(-c2cc3cc(OC)c(OC)cc3c(C)[o+]2)cc1OC.[O-][Cl+3]([O-])([O-])[O-]. The number of rotatable bonds is 7. The predicted molar refractivity (Wildman–Crippen MR) is 108 cm³/mol. The Morgan fingerprint density at radius 1 is 0.853 bits per heavy atom. The Hall–Kier alpha value is -3.35. The van der Waals surface area contributed by atoms with E-state index < -0.39 is 16.2 Å². The van der Waals surface area contributed by atoms with Gasteiger partial charge in [-0.15, -0.1) is 10.2 Å². The Labute approximate surface area is 197 Å². The van der Waals surface area contributed by atoms with Crippen molar-refractivity contribution in [2.75, 3.05) is 28.4 Å². The molecule has 0 amide bonds. The molecule has 12 heteroatoms. The van der Waals surface area contributed by atoms with Crippen molar-refractivity contribution < 1.29 is 62.1 Å². The first-order chi connectivity index (χ1) is 15.9. The van der Waals surface area contributed by atoms with E-state index in [9.17, 15) is 9.90 Å². The highest BCUT2D eigenvalue weighted by molar-refractivity contribution is 5.90. The first-order valence-corrected chi connectivity index (χ1v) is 10.7. The van der Waals surface area contributed by atoms with Crippen LogP contribution in [0.25, 0.3) is 22.1 Å². The maximum Gasteiger partial charge on any atom is 0.361 e. The van der Waals surface area contributed by atoms with Crippen molar-refractivity contribution in [3.8, 4) is 34.3 Å². The van der Waals surface area contributed by atoms with Crippen molar-refractivity contribution in [3.63, 3.8) is 0 Å². The van der Waals surface area contributed by atoms with Gasteiger partial charge in [0.2, 0.25) is 0 Å². The second-order valence-corrected chi connectivity index (χ2v) is 7.53. The van der Waals surface area contributed by atoms with E-state index >= 15 is 0 Å². The zero-order valence-electron chi connectivity index (χ0n) is 19.0. The zero-order chi connectivity index (χ0) is 25.6. The number of carboxylic acids is 1. The summed E-state index contributed by atoms with van der Waals surface area (Å²) in [5.74, 6) is 2.35. The molecule has 1 N–H and O–H groups in total. The lowest BCUT2D eigenvalue weighted by Gasteiger charge is -2.17. The lowest BCUT2D eigenvalue weighted by Crippen LogP contribution is -2.68. The summed E-state index contributed by atoms with van der Waals surface area (Å²) in [5.41, 5.74) is 1.17. The molecule has 0 saturated carbocycles. The van der Waals surface area contributed by atoms with Crippen molar-refractivity contribution in [3.05, 3.63) is 41.7 Å². The molecule has 34 heavy (non-hydrogen) atoms. The minimum atomic E-state index is -4.94. The molecule has 0 unspecified atom stereocenters. The maximum atomic E-state index is 11.4. The second-order valence-electron chi connectivity index (χ2n) is 6.77. The molecule has 11 nitrogen and oxygen atoms in total. The monoisotopic (exact) mass is 498 g/mol. The first-order valence-electron chi connectivity index (χ1n) is 9.50. The number of aryl methyl sites for hydroxylation is 1. The van der Waals surface area contributed by atoms with Crippen molar-refractivity contribution in [2.45, 2.75) is 13.3 Å². The summed E-state index contributed by atoms with van der Waals surface area (Å²) in [7, 11) is 1.24. The van der Waals surface area contributed by atoms with Gasteiger partial charge < -0.3 is 24.1 Å². The second kappa shape index (κ2) is 11.2. The molecule has 0 aliphatic rings. The molecule has 0 atom stereocenters. The number of ether oxygens (including phenoxy) is 4.